The van der Waals surface area contributed by atoms with E-state index in [1.165, 1.54) is 11.0 Å². The fourth-order valence-electron chi connectivity index (χ4n) is 3.78. The van der Waals surface area contributed by atoms with Gasteiger partial charge in [0.2, 0.25) is 0 Å². The van der Waals surface area contributed by atoms with E-state index in [2.05, 4.69) is 0 Å². The molecule has 1 amide bonds. The monoisotopic (exact) mass is 378 g/mol. The molecule has 8 heteroatoms. The van der Waals surface area contributed by atoms with E-state index in [1.807, 2.05) is 52.5 Å². The Bertz CT molecular complexity index is 714. The van der Waals surface area contributed by atoms with Gasteiger partial charge in [0.25, 0.3) is 0 Å². The summed E-state index contributed by atoms with van der Waals surface area (Å²) in [6.45, 7) is 12.5. The van der Waals surface area contributed by atoms with Crippen LogP contribution < -0.4 is 10.4 Å². The molecule has 0 saturated carbocycles. The van der Waals surface area contributed by atoms with Gasteiger partial charge < -0.3 is 19.3 Å². The smallest absolute Gasteiger partial charge is 0.465 e. The fourth-order valence-corrected chi connectivity index (χ4v) is 3.78. The van der Waals surface area contributed by atoms with Crippen molar-refractivity contribution in [2.45, 2.75) is 64.8 Å². The molecule has 1 aromatic rings. The minimum atomic E-state index is -0.920. The van der Waals surface area contributed by atoms with Gasteiger partial charge in [0.15, 0.2) is 0 Å². The number of hydrogen-bond donors (Lipinski definition) is 1. The largest absolute Gasteiger partial charge is 0.497 e. The zero-order chi connectivity index (χ0) is 20.1. The molecular weight excluding hydrogens is 350 g/mol. The van der Waals surface area contributed by atoms with E-state index in [1.54, 1.807) is 6.07 Å². The van der Waals surface area contributed by atoms with E-state index >= 15 is 0 Å². The number of hydrogen-bond acceptors (Lipinski definition) is 4. The maximum absolute atomic E-state index is 14.9. The highest BCUT2D eigenvalue weighted by Crippen LogP contribution is 2.36. The molecule has 2 aliphatic heterocycles. The van der Waals surface area contributed by atoms with Crippen LogP contribution in [0, 0.1) is 5.82 Å². The summed E-state index contributed by atoms with van der Waals surface area (Å²) in [6, 6.07) is 4.69. The van der Waals surface area contributed by atoms with Crippen LogP contribution in [0.5, 0.6) is 0 Å². The third-order valence-corrected chi connectivity index (χ3v) is 6.00. The number of rotatable bonds is 2. The van der Waals surface area contributed by atoms with Gasteiger partial charge in [-0.25, -0.2) is 9.18 Å². The normalized spacial score (nSPS) is 27.1. The number of anilines is 1. The van der Waals surface area contributed by atoms with Crippen LogP contribution in [0.2, 0.25) is 0 Å². The Kier molecular flexibility index (Phi) is 4.93. The number of piperazine rings is 1. The quantitative estimate of drug-likeness (QED) is 0.802. The molecule has 2 atom stereocenters. The summed E-state index contributed by atoms with van der Waals surface area (Å²) in [5.41, 5.74) is 0.0564. The summed E-state index contributed by atoms with van der Waals surface area (Å²) in [5.74, 6) is -0.382. The molecule has 1 aromatic carbocycles. The number of nitrogens with zero attached hydrogens (tertiary/aromatic N) is 2. The van der Waals surface area contributed by atoms with E-state index in [9.17, 15) is 14.3 Å². The van der Waals surface area contributed by atoms with Crippen molar-refractivity contribution in [1.29, 1.82) is 0 Å². The molecule has 2 fully saturated rings. The number of carboxylic acid groups (broad SMARTS) is 1. The average Bonchev–Trinajstić information content (AvgIpc) is 2.73. The number of amides is 1. The summed E-state index contributed by atoms with van der Waals surface area (Å²) >= 11 is 0. The second-order valence-corrected chi connectivity index (χ2v) is 8.59. The van der Waals surface area contributed by atoms with Crippen molar-refractivity contribution in [2.75, 3.05) is 18.0 Å². The molecule has 0 spiro atoms. The summed E-state index contributed by atoms with van der Waals surface area (Å²) in [7, 11) is -0.745. The lowest BCUT2D eigenvalue weighted by Gasteiger charge is -2.44. The highest BCUT2D eigenvalue weighted by atomic mass is 19.1. The van der Waals surface area contributed by atoms with Gasteiger partial charge in [-0.1, -0.05) is 6.07 Å². The molecule has 2 saturated heterocycles. The summed E-state index contributed by atoms with van der Waals surface area (Å²) in [5, 5.41) is 9.34. The van der Waals surface area contributed by atoms with Crippen LogP contribution in [0.15, 0.2) is 18.2 Å². The van der Waals surface area contributed by atoms with Crippen LogP contribution in [-0.2, 0) is 9.31 Å². The standard InChI is InChI=1S/C19H28BFN2O4/c1-12-10-22(11-13(2)23(12)17(24)25)14-7-8-15(16(21)9-14)20-26-18(3,4)19(5,6)27-20/h7-9,12-13H,10-11H2,1-6H3,(H,24,25). The van der Waals surface area contributed by atoms with Crippen LogP contribution in [0.4, 0.5) is 14.9 Å². The molecule has 148 valence electrons. The van der Waals surface area contributed by atoms with Gasteiger partial charge in [-0.05, 0) is 53.7 Å². The lowest BCUT2D eigenvalue weighted by atomic mass is 9.78. The molecule has 2 aliphatic rings. The zero-order valence-corrected chi connectivity index (χ0v) is 16.8. The van der Waals surface area contributed by atoms with Crippen molar-refractivity contribution in [3.8, 4) is 0 Å². The minimum absolute atomic E-state index is 0.169. The highest BCUT2D eigenvalue weighted by molar-refractivity contribution is 6.62. The van der Waals surface area contributed by atoms with Crippen LogP contribution >= 0.6 is 0 Å². The second kappa shape index (κ2) is 6.67. The van der Waals surface area contributed by atoms with E-state index in [-0.39, 0.29) is 17.9 Å². The molecule has 0 aliphatic carbocycles. The molecular formula is C19H28BFN2O4. The molecule has 0 radical (unpaired) electrons. The SMILES string of the molecule is CC1CN(c2ccc(B3OC(C)(C)C(C)(C)O3)c(F)c2)CC(C)N1C(=O)O. The lowest BCUT2D eigenvalue weighted by Crippen LogP contribution is -2.58. The fraction of sp³-hybridized carbons (Fsp3) is 0.632. The van der Waals surface area contributed by atoms with Gasteiger partial charge in [0, 0.05) is 24.2 Å². The summed E-state index contributed by atoms with van der Waals surface area (Å²) < 4.78 is 26.8. The molecule has 0 aromatic heterocycles. The Morgan fingerprint density at radius 1 is 1.15 bits per heavy atom. The first-order chi connectivity index (χ1) is 12.4. The Morgan fingerprint density at radius 2 is 1.67 bits per heavy atom. The van der Waals surface area contributed by atoms with Crippen LogP contribution in [0.25, 0.3) is 0 Å². The number of halogens is 1. The first-order valence-electron chi connectivity index (χ1n) is 9.34. The van der Waals surface area contributed by atoms with Crippen LogP contribution in [0.3, 0.4) is 0 Å². The molecule has 2 heterocycles. The summed E-state index contributed by atoms with van der Waals surface area (Å²) in [4.78, 5) is 14.9. The molecule has 27 heavy (non-hydrogen) atoms. The van der Waals surface area contributed by atoms with Crippen molar-refractivity contribution >= 4 is 24.4 Å². The average molecular weight is 378 g/mol. The Morgan fingerprint density at radius 3 is 2.11 bits per heavy atom. The molecule has 3 rings (SSSR count). The van der Waals surface area contributed by atoms with E-state index in [4.69, 9.17) is 9.31 Å². The first-order valence-corrected chi connectivity index (χ1v) is 9.34. The van der Waals surface area contributed by atoms with Gasteiger partial charge in [-0.2, -0.15) is 0 Å². The maximum atomic E-state index is 14.9. The molecule has 1 N–H and O–H groups in total. The van der Waals surface area contributed by atoms with Gasteiger partial charge in [0.05, 0.1) is 23.3 Å². The van der Waals surface area contributed by atoms with Crippen LogP contribution in [-0.4, -0.2) is 59.6 Å². The molecule has 6 nitrogen and oxygen atoms in total. The Hall–Kier alpha value is -1.80. The van der Waals surface area contributed by atoms with Crippen molar-refractivity contribution in [1.82, 2.24) is 4.90 Å². The maximum Gasteiger partial charge on any atom is 0.497 e. The third-order valence-electron chi connectivity index (χ3n) is 6.00. The van der Waals surface area contributed by atoms with E-state index in [0.717, 1.165) is 5.69 Å². The Balaban J connectivity index is 1.79. The van der Waals surface area contributed by atoms with E-state index in [0.29, 0.717) is 18.6 Å². The Labute approximate surface area is 160 Å². The highest BCUT2D eigenvalue weighted by Gasteiger charge is 2.52. The topological polar surface area (TPSA) is 62.2 Å². The summed E-state index contributed by atoms with van der Waals surface area (Å²) in [6.07, 6.45) is -0.920. The predicted octanol–water partition coefficient (Wildman–Crippen LogP) is 2.70. The van der Waals surface area contributed by atoms with Gasteiger partial charge >= 0.3 is 13.2 Å². The molecule has 2 unspecified atom stereocenters. The number of carbonyl (C=O) groups is 1. The van der Waals surface area contributed by atoms with Crippen molar-refractivity contribution < 1.29 is 23.6 Å². The van der Waals surface area contributed by atoms with Crippen LogP contribution in [0.1, 0.15) is 41.5 Å². The van der Waals surface area contributed by atoms with Crippen molar-refractivity contribution in [3.05, 3.63) is 24.0 Å². The minimum Gasteiger partial charge on any atom is -0.465 e. The van der Waals surface area contributed by atoms with Gasteiger partial charge in [0.1, 0.15) is 5.82 Å². The lowest BCUT2D eigenvalue weighted by molar-refractivity contribution is 0.00578. The van der Waals surface area contributed by atoms with E-state index < -0.39 is 24.4 Å². The first kappa shape index (κ1) is 20.0. The number of benzene rings is 1. The van der Waals surface area contributed by atoms with Gasteiger partial charge in [-0.3, -0.25) is 4.90 Å². The molecule has 0 bridgehead atoms. The third kappa shape index (κ3) is 3.52. The van der Waals surface area contributed by atoms with Crippen molar-refractivity contribution in [3.63, 3.8) is 0 Å². The zero-order valence-electron chi connectivity index (χ0n) is 16.8. The second-order valence-electron chi connectivity index (χ2n) is 8.59. The van der Waals surface area contributed by atoms with Gasteiger partial charge in [-0.15, -0.1) is 0 Å². The predicted molar refractivity (Wildman–Crippen MR) is 103 cm³/mol. The van der Waals surface area contributed by atoms with Crippen molar-refractivity contribution in [2.24, 2.45) is 0 Å².